The number of nitriles is 1. The van der Waals surface area contributed by atoms with Crippen LogP contribution in [0, 0.1) is 32.1 Å². The molecule has 0 fully saturated rings. The summed E-state index contributed by atoms with van der Waals surface area (Å²) in [6.07, 6.45) is 2.50. The molecule has 0 saturated heterocycles. The highest BCUT2D eigenvalue weighted by atomic mass is 35.5. The molecule has 0 atom stereocenters. The van der Waals surface area contributed by atoms with E-state index in [1.54, 1.807) is 19.1 Å². The SMILES string of the molecule is Cc1cc(C)c(Oc2nc(-c3cnc(C#N)c(Cl)c3)ccc2NS(C)(=O)=O)c(C)n1. The molecule has 3 aromatic heterocycles. The Morgan fingerprint density at radius 3 is 2.50 bits per heavy atom. The van der Waals surface area contributed by atoms with Crippen LogP contribution < -0.4 is 9.46 Å². The van der Waals surface area contributed by atoms with Gasteiger partial charge in [-0.1, -0.05) is 11.6 Å². The van der Waals surface area contributed by atoms with Gasteiger partial charge in [0.1, 0.15) is 11.8 Å². The smallest absolute Gasteiger partial charge is 0.244 e. The summed E-state index contributed by atoms with van der Waals surface area (Å²) in [5, 5.41) is 9.19. The number of anilines is 1. The van der Waals surface area contributed by atoms with Gasteiger partial charge in [0.2, 0.25) is 15.9 Å². The number of rotatable bonds is 5. The molecule has 0 spiro atoms. The Kier molecular flexibility index (Phi) is 5.92. The minimum Gasteiger partial charge on any atom is -0.435 e. The molecular formula is C20H18ClN5O3S. The van der Waals surface area contributed by atoms with E-state index in [0.29, 0.717) is 22.7 Å². The second kappa shape index (κ2) is 8.26. The predicted molar refractivity (Wildman–Crippen MR) is 114 cm³/mol. The quantitative estimate of drug-likeness (QED) is 0.629. The number of sulfonamides is 1. The normalized spacial score (nSPS) is 11.1. The number of hydrogen-bond donors (Lipinski definition) is 1. The Balaban J connectivity index is 2.12. The number of halogens is 1. The second-order valence-electron chi connectivity index (χ2n) is 6.69. The number of hydrogen-bond acceptors (Lipinski definition) is 7. The molecule has 3 aromatic rings. The number of aromatic nitrogens is 3. The van der Waals surface area contributed by atoms with Gasteiger partial charge in [-0.05, 0) is 50.6 Å². The van der Waals surface area contributed by atoms with E-state index in [9.17, 15) is 8.42 Å². The minimum absolute atomic E-state index is 0.0512. The Morgan fingerprint density at radius 1 is 1.17 bits per heavy atom. The van der Waals surface area contributed by atoms with Crippen LogP contribution in [0.2, 0.25) is 5.02 Å². The van der Waals surface area contributed by atoms with E-state index in [-0.39, 0.29) is 22.3 Å². The molecule has 3 heterocycles. The van der Waals surface area contributed by atoms with Gasteiger partial charge in [-0.3, -0.25) is 9.71 Å². The average Bonchev–Trinajstić information content (AvgIpc) is 2.64. The summed E-state index contributed by atoms with van der Waals surface area (Å²) in [4.78, 5) is 12.9. The van der Waals surface area contributed by atoms with Gasteiger partial charge in [0, 0.05) is 17.5 Å². The van der Waals surface area contributed by atoms with E-state index in [2.05, 4.69) is 19.7 Å². The van der Waals surface area contributed by atoms with Gasteiger partial charge >= 0.3 is 0 Å². The maximum atomic E-state index is 11.8. The maximum Gasteiger partial charge on any atom is 0.244 e. The maximum absolute atomic E-state index is 11.8. The van der Waals surface area contributed by atoms with Crippen molar-refractivity contribution < 1.29 is 13.2 Å². The fourth-order valence-electron chi connectivity index (χ4n) is 2.88. The van der Waals surface area contributed by atoms with E-state index in [0.717, 1.165) is 17.5 Å². The Hall–Kier alpha value is -3.22. The lowest BCUT2D eigenvalue weighted by atomic mass is 10.1. The van der Waals surface area contributed by atoms with Crippen LogP contribution >= 0.6 is 11.6 Å². The van der Waals surface area contributed by atoms with Crippen LogP contribution in [0.15, 0.2) is 30.5 Å². The van der Waals surface area contributed by atoms with Crippen LogP contribution in [0.3, 0.4) is 0 Å². The molecule has 0 aliphatic carbocycles. The van der Waals surface area contributed by atoms with Crippen molar-refractivity contribution in [1.29, 1.82) is 5.26 Å². The molecule has 0 saturated carbocycles. The highest BCUT2D eigenvalue weighted by Gasteiger charge is 2.17. The summed E-state index contributed by atoms with van der Waals surface area (Å²) < 4.78 is 32.0. The number of nitrogens with one attached hydrogen (secondary N) is 1. The van der Waals surface area contributed by atoms with Crippen molar-refractivity contribution in [1.82, 2.24) is 15.0 Å². The third kappa shape index (κ3) is 4.84. The number of ether oxygens (including phenoxy) is 1. The lowest BCUT2D eigenvalue weighted by Crippen LogP contribution is -2.11. The number of nitrogens with zero attached hydrogens (tertiary/aromatic N) is 4. The number of aryl methyl sites for hydroxylation is 3. The van der Waals surface area contributed by atoms with Gasteiger partial charge in [0.15, 0.2) is 11.4 Å². The predicted octanol–water partition coefficient (Wildman–Crippen LogP) is 4.15. The lowest BCUT2D eigenvalue weighted by molar-refractivity contribution is 0.455. The zero-order valence-electron chi connectivity index (χ0n) is 16.7. The molecular weight excluding hydrogens is 426 g/mol. The van der Waals surface area contributed by atoms with Crippen LogP contribution in [0.4, 0.5) is 5.69 Å². The summed E-state index contributed by atoms with van der Waals surface area (Å²) in [6.45, 7) is 5.54. The molecule has 0 radical (unpaired) electrons. The molecule has 3 rings (SSSR count). The molecule has 0 bridgehead atoms. The van der Waals surface area contributed by atoms with Gasteiger partial charge < -0.3 is 4.74 Å². The van der Waals surface area contributed by atoms with E-state index in [1.165, 1.54) is 12.3 Å². The van der Waals surface area contributed by atoms with Crippen LogP contribution in [0.5, 0.6) is 11.6 Å². The van der Waals surface area contributed by atoms with Gasteiger partial charge in [-0.15, -0.1) is 0 Å². The molecule has 10 heteroatoms. The third-order valence-electron chi connectivity index (χ3n) is 4.05. The summed E-state index contributed by atoms with van der Waals surface area (Å²) in [7, 11) is -3.57. The average molecular weight is 444 g/mol. The molecule has 0 aliphatic heterocycles. The molecule has 30 heavy (non-hydrogen) atoms. The molecule has 8 nitrogen and oxygen atoms in total. The van der Waals surface area contributed by atoms with E-state index in [1.807, 2.05) is 26.0 Å². The van der Waals surface area contributed by atoms with Crippen LogP contribution in [-0.4, -0.2) is 29.6 Å². The van der Waals surface area contributed by atoms with Gasteiger partial charge in [-0.2, -0.15) is 5.26 Å². The molecule has 154 valence electrons. The Labute approximate surface area is 179 Å². The van der Waals surface area contributed by atoms with Crippen molar-refractivity contribution in [2.24, 2.45) is 0 Å². The monoisotopic (exact) mass is 443 g/mol. The minimum atomic E-state index is -3.57. The van der Waals surface area contributed by atoms with Gasteiger partial charge in [-0.25, -0.2) is 18.4 Å². The third-order valence-corrected chi connectivity index (χ3v) is 4.93. The summed E-state index contributed by atoms with van der Waals surface area (Å²) in [5.41, 5.74) is 3.58. The summed E-state index contributed by atoms with van der Waals surface area (Å²) in [6, 6.07) is 8.46. The van der Waals surface area contributed by atoms with E-state index >= 15 is 0 Å². The molecule has 0 aromatic carbocycles. The first-order valence-electron chi connectivity index (χ1n) is 8.75. The standard InChI is InChI=1S/C20H18ClN5O3S/c1-11-7-12(2)24-13(3)19(11)29-20-17(26-30(4,27)28)6-5-16(25-20)14-8-15(21)18(9-22)23-10-14/h5-8,10,26H,1-4H3. The first-order valence-corrected chi connectivity index (χ1v) is 11.0. The highest BCUT2D eigenvalue weighted by Crippen LogP contribution is 2.34. The first kappa shape index (κ1) is 21.5. The van der Waals surface area contributed by atoms with Crippen LogP contribution in [0.25, 0.3) is 11.3 Å². The van der Waals surface area contributed by atoms with Crippen LogP contribution in [0.1, 0.15) is 22.6 Å². The van der Waals surface area contributed by atoms with E-state index < -0.39 is 10.0 Å². The molecule has 0 unspecified atom stereocenters. The van der Waals surface area contributed by atoms with Crippen molar-refractivity contribution in [3.8, 4) is 29.0 Å². The molecule has 0 amide bonds. The van der Waals surface area contributed by atoms with Crippen molar-refractivity contribution in [2.75, 3.05) is 11.0 Å². The van der Waals surface area contributed by atoms with Crippen molar-refractivity contribution in [3.63, 3.8) is 0 Å². The van der Waals surface area contributed by atoms with Gasteiger partial charge in [0.25, 0.3) is 0 Å². The van der Waals surface area contributed by atoms with E-state index in [4.69, 9.17) is 21.6 Å². The fourth-order valence-corrected chi connectivity index (χ4v) is 3.64. The zero-order chi connectivity index (χ0) is 22.1. The molecule has 0 aliphatic rings. The number of pyridine rings is 3. The highest BCUT2D eigenvalue weighted by molar-refractivity contribution is 7.92. The van der Waals surface area contributed by atoms with Gasteiger partial charge in [0.05, 0.1) is 22.7 Å². The Morgan fingerprint density at radius 2 is 1.90 bits per heavy atom. The largest absolute Gasteiger partial charge is 0.435 e. The van der Waals surface area contributed by atoms with Crippen LogP contribution in [-0.2, 0) is 10.0 Å². The molecule has 1 N–H and O–H groups in total. The topological polar surface area (TPSA) is 118 Å². The first-order chi connectivity index (χ1) is 14.1. The summed E-state index contributed by atoms with van der Waals surface area (Å²) in [5.74, 6) is 0.535. The van der Waals surface area contributed by atoms with Crippen molar-refractivity contribution in [3.05, 3.63) is 58.1 Å². The lowest BCUT2D eigenvalue weighted by Gasteiger charge is -2.15. The fraction of sp³-hybridized carbons (Fsp3) is 0.200. The van der Waals surface area contributed by atoms with Crippen molar-refractivity contribution in [2.45, 2.75) is 20.8 Å². The summed E-state index contributed by atoms with van der Waals surface area (Å²) >= 11 is 6.08. The Bertz CT molecular complexity index is 1260. The second-order valence-corrected chi connectivity index (χ2v) is 8.84. The zero-order valence-corrected chi connectivity index (χ0v) is 18.3. The van der Waals surface area contributed by atoms with Crippen molar-refractivity contribution >= 4 is 27.3 Å².